The molecular weight excluding hydrogens is 458 g/mol. The van der Waals surface area contributed by atoms with Gasteiger partial charge in [0.2, 0.25) is 16.0 Å². The first-order valence-corrected chi connectivity index (χ1v) is 12.1. The van der Waals surface area contributed by atoms with Crippen molar-refractivity contribution in [3.05, 3.63) is 47.1 Å². The van der Waals surface area contributed by atoms with Crippen LogP contribution in [0.15, 0.2) is 29.2 Å². The molecule has 0 saturated carbocycles. The van der Waals surface area contributed by atoms with E-state index in [2.05, 4.69) is 30.0 Å². The smallest absolute Gasteiger partial charge is 0.238 e. The molecule has 0 spiro atoms. The van der Waals surface area contributed by atoms with Crippen molar-refractivity contribution in [3.63, 3.8) is 0 Å². The van der Waals surface area contributed by atoms with Gasteiger partial charge in [0, 0.05) is 36.9 Å². The molecule has 11 nitrogen and oxygen atoms in total. The fraction of sp³-hybridized carbons (Fsp3) is 0.526. The first-order valence-electron chi connectivity index (χ1n) is 10.2. The van der Waals surface area contributed by atoms with E-state index in [0.29, 0.717) is 35.6 Å². The van der Waals surface area contributed by atoms with Gasteiger partial charge in [0.15, 0.2) is 0 Å². The molecule has 172 valence electrons. The highest BCUT2D eigenvalue weighted by Crippen LogP contribution is 2.32. The Kier molecular flexibility index (Phi) is 6.45. The molecule has 3 aromatic rings. The molecule has 3 aromatic heterocycles. The van der Waals surface area contributed by atoms with Crippen molar-refractivity contribution in [1.82, 2.24) is 29.9 Å². The van der Waals surface area contributed by atoms with E-state index in [1.807, 2.05) is 6.92 Å². The van der Waals surface area contributed by atoms with Crippen molar-refractivity contribution in [2.24, 2.45) is 0 Å². The highest BCUT2D eigenvalue weighted by atomic mass is 35.5. The van der Waals surface area contributed by atoms with Crippen LogP contribution in [0, 0.1) is 0 Å². The number of sulfonamides is 1. The van der Waals surface area contributed by atoms with Crippen molar-refractivity contribution >= 4 is 27.6 Å². The normalized spacial score (nSPS) is 19.6. The van der Waals surface area contributed by atoms with E-state index >= 15 is 0 Å². The van der Waals surface area contributed by atoms with E-state index in [-0.39, 0.29) is 17.9 Å². The standard InChI is InChI=1S/C19H24ClN7O4S/c1-11(17-21-8-15(20)9-22-17)13(3)32(28,29)26-19-24-23-18(14-4-6-30-10-14)27(19)12(2)16-5-7-31-25-16/h5,7-9,11-14H,4,6,10H2,1-3H3,(H,24,26)/t11-,12+,13-,14+/m0/s1. The van der Waals surface area contributed by atoms with Gasteiger partial charge >= 0.3 is 0 Å². The molecule has 32 heavy (non-hydrogen) atoms. The Morgan fingerprint density at radius 2 is 1.97 bits per heavy atom. The lowest BCUT2D eigenvalue weighted by molar-refractivity contribution is 0.192. The highest BCUT2D eigenvalue weighted by molar-refractivity contribution is 7.93. The minimum Gasteiger partial charge on any atom is -0.381 e. The summed E-state index contributed by atoms with van der Waals surface area (Å²) in [6, 6.07) is 1.37. The second-order valence-corrected chi connectivity index (χ2v) is 10.3. The molecule has 4 rings (SSSR count). The van der Waals surface area contributed by atoms with Crippen molar-refractivity contribution in [2.45, 2.75) is 50.3 Å². The van der Waals surface area contributed by atoms with Gasteiger partial charge < -0.3 is 9.26 Å². The summed E-state index contributed by atoms with van der Waals surface area (Å²) in [4.78, 5) is 8.31. The van der Waals surface area contributed by atoms with Crippen molar-refractivity contribution in [2.75, 3.05) is 17.9 Å². The summed E-state index contributed by atoms with van der Waals surface area (Å²) in [6.45, 7) is 6.34. The Hall–Kier alpha value is -2.57. The Labute approximate surface area is 190 Å². The van der Waals surface area contributed by atoms with Crippen LogP contribution in [0.1, 0.15) is 62.4 Å². The van der Waals surface area contributed by atoms with Crippen LogP contribution in [0.5, 0.6) is 0 Å². The zero-order valence-electron chi connectivity index (χ0n) is 17.8. The number of nitrogens with zero attached hydrogens (tertiary/aromatic N) is 6. The van der Waals surface area contributed by atoms with Crippen LogP contribution in [0.3, 0.4) is 0 Å². The largest absolute Gasteiger partial charge is 0.381 e. The van der Waals surface area contributed by atoms with E-state index in [1.54, 1.807) is 24.5 Å². The van der Waals surface area contributed by atoms with Crippen LogP contribution in [0.4, 0.5) is 5.95 Å². The summed E-state index contributed by atoms with van der Waals surface area (Å²) in [6.07, 6.45) is 5.13. The van der Waals surface area contributed by atoms with E-state index < -0.39 is 21.2 Å². The molecule has 0 aliphatic carbocycles. The third-order valence-corrected chi connectivity index (χ3v) is 7.81. The molecule has 0 radical (unpaired) electrons. The predicted molar refractivity (Wildman–Crippen MR) is 116 cm³/mol. The Morgan fingerprint density at radius 3 is 2.59 bits per heavy atom. The van der Waals surface area contributed by atoms with E-state index in [1.165, 1.54) is 18.7 Å². The lowest BCUT2D eigenvalue weighted by Gasteiger charge is -2.22. The maximum atomic E-state index is 13.2. The number of rotatable bonds is 8. The van der Waals surface area contributed by atoms with Gasteiger partial charge in [-0.3, -0.25) is 9.29 Å². The van der Waals surface area contributed by atoms with E-state index in [9.17, 15) is 8.42 Å². The quantitative estimate of drug-likeness (QED) is 0.514. The van der Waals surface area contributed by atoms with Gasteiger partial charge in [0.1, 0.15) is 23.6 Å². The zero-order valence-corrected chi connectivity index (χ0v) is 19.4. The van der Waals surface area contributed by atoms with Crippen molar-refractivity contribution < 1.29 is 17.7 Å². The lowest BCUT2D eigenvalue weighted by atomic mass is 10.1. The molecular formula is C19H24ClN7O4S. The van der Waals surface area contributed by atoms with Crippen LogP contribution >= 0.6 is 11.6 Å². The highest BCUT2D eigenvalue weighted by Gasteiger charge is 2.34. The summed E-state index contributed by atoms with van der Waals surface area (Å²) in [5.41, 5.74) is 0.626. The van der Waals surface area contributed by atoms with Gasteiger partial charge in [-0.25, -0.2) is 18.4 Å². The summed E-state index contributed by atoms with van der Waals surface area (Å²) in [5, 5.41) is 12.0. The van der Waals surface area contributed by atoms with E-state index in [0.717, 1.165) is 6.42 Å². The first kappa shape index (κ1) is 22.6. The predicted octanol–water partition coefficient (Wildman–Crippen LogP) is 2.76. The number of aromatic nitrogens is 6. The molecule has 0 aromatic carbocycles. The minimum absolute atomic E-state index is 0.00826. The number of halogens is 1. The average Bonchev–Trinajstić information content (AvgIpc) is 3.54. The maximum Gasteiger partial charge on any atom is 0.238 e. The van der Waals surface area contributed by atoms with Crippen LogP contribution in [-0.2, 0) is 14.8 Å². The van der Waals surface area contributed by atoms with Crippen molar-refractivity contribution in [1.29, 1.82) is 0 Å². The van der Waals surface area contributed by atoms with Gasteiger partial charge in [0.05, 0.1) is 22.9 Å². The lowest BCUT2D eigenvalue weighted by Crippen LogP contribution is -2.32. The summed E-state index contributed by atoms with van der Waals surface area (Å²) in [5.74, 6) is 0.648. The average molecular weight is 482 g/mol. The van der Waals surface area contributed by atoms with Crippen LogP contribution in [0.2, 0.25) is 5.02 Å². The Bertz CT molecular complexity index is 1150. The van der Waals surface area contributed by atoms with Crippen molar-refractivity contribution in [3.8, 4) is 0 Å². The molecule has 0 bridgehead atoms. The fourth-order valence-corrected chi connectivity index (χ4v) is 4.93. The molecule has 13 heteroatoms. The topological polar surface area (TPSA) is 138 Å². The second kappa shape index (κ2) is 9.12. The van der Waals surface area contributed by atoms with Crippen LogP contribution in [-0.4, -0.2) is 56.8 Å². The molecule has 4 heterocycles. The number of anilines is 1. The van der Waals surface area contributed by atoms with Crippen LogP contribution in [0.25, 0.3) is 0 Å². The van der Waals surface area contributed by atoms with Gasteiger partial charge in [-0.05, 0) is 20.3 Å². The molecule has 1 saturated heterocycles. The van der Waals surface area contributed by atoms with Gasteiger partial charge in [-0.15, -0.1) is 10.2 Å². The first-order chi connectivity index (χ1) is 15.3. The van der Waals surface area contributed by atoms with Gasteiger partial charge in [0.25, 0.3) is 0 Å². The molecule has 0 unspecified atom stereocenters. The third kappa shape index (κ3) is 4.48. The number of hydrogen-bond donors (Lipinski definition) is 1. The Morgan fingerprint density at radius 1 is 1.22 bits per heavy atom. The monoisotopic (exact) mass is 481 g/mol. The number of nitrogens with one attached hydrogen (secondary N) is 1. The summed E-state index contributed by atoms with van der Waals surface area (Å²) in [7, 11) is -3.87. The second-order valence-electron chi connectivity index (χ2n) is 7.81. The molecule has 4 atom stereocenters. The molecule has 0 amide bonds. The van der Waals surface area contributed by atoms with Gasteiger partial charge in [-0.2, -0.15) is 0 Å². The summed E-state index contributed by atoms with van der Waals surface area (Å²) >= 11 is 5.84. The Balaban J connectivity index is 1.64. The molecule has 1 fully saturated rings. The minimum atomic E-state index is -3.87. The zero-order chi connectivity index (χ0) is 22.9. The maximum absolute atomic E-state index is 13.2. The number of ether oxygens (including phenoxy) is 1. The van der Waals surface area contributed by atoms with E-state index in [4.69, 9.17) is 20.9 Å². The molecule has 1 N–H and O–H groups in total. The number of hydrogen-bond acceptors (Lipinski definition) is 9. The fourth-order valence-electron chi connectivity index (χ4n) is 3.60. The summed E-state index contributed by atoms with van der Waals surface area (Å²) < 4.78 is 41.3. The SMILES string of the molecule is C[C@H](c1ncc(Cl)cn1)[C@H](C)S(=O)(=O)Nc1nnc([C@@H]2CCOC2)n1[C@H](C)c1ccon1. The van der Waals surface area contributed by atoms with Gasteiger partial charge in [-0.1, -0.05) is 23.7 Å². The molecule has 1 aliphatic heterocycles. The molecule has 1 aliphatic rings. The van der Waals surface area contributed by atoms with Crippen LogP contribution < -0.4 is 4.72 Å². The third-order valence-electron chi connectivity index (χ3n) is 5.76.